The molecule has 0 radical (unpaired) electrons. The molecule has 2 aromatic carbocycles. The molecule has 3 amide bonds. The van der Waals surface area contributed by atoms with Gasteiger partial charge in [-0.3, -0.25) is 9.59 Å². The van der Waals surface area contributed by atoms with Gasteiger partial charge < -0.3 is 25.4 Å². The Morgan fingerprint density at radius 2 is 1.51 bits per heavy atom. The van der Waals surface area contributed by atoms with E-state index in [-0.39, 0.29) is 18.1 Å². The highest BCUT2D eigenvalue weighted by Gasteiger charge is 2.35. The van der Waals surface area contributed by atoms with E-state index in [1.54, 1.807) is 64.2 Å². The average molecular weight is 484 g/mol. The van der Waals surface area contributed by atoms with E-state index >= 15 is 0 Å². The van der Waals surface area contributed by atoms with Gasteiger partial charge in [-0.1, -0.05) is 42.5 Å². The molecule has 190 valence electrons. The SMILES string of the molecule is CN(C(=O)C(Cc1ccc(O)cc1)NC(=O)OC(C)(C)C)C(C(=O)NC(C)(C)C)c1ccccc1. The molecule has 0 heterocycles. The second kappa shape index (κ2) is 11.3. The quantitative estimate of drug-likeness (QED) is 0.553. The maximum atomic E-state index is 13.7. The third-order valence-corrected chi connectivity index (χ3v) is 4.96. The van der Waals surface area contributed by atoms with Crippen molar-refractivity contribution in [3.63, 3.8) is 0 Å². The van der Waals surface area contributed by atoms with Crippen LogP contribution in [0.5, 0.6) is 5.75 Å². The number of ether oxygens (including phenoxy) is 1. The minimum atomic E-state index is -1.01. The largest absolute Gasteiger partial charge is 0.508 e. The molecule has 0 aliphatic rings. The number of aromatic hydroxyl groups is 1. The van der Waals surface area contributed by atoms with Crippen LogP contribution in [-0.2, 0) is 20.7 Å². The van der Waals surface area contributed by atoms with Crippen LogP contribution in [0.2, 0.25) is 0 Å². The zero-order chi connectivity index (χ0) is 26.4. The number of rotatable bonds is 7. The van der Waals surface area contributed by atoms with Gasteiger partial charge in [-0.2, -0.15) is 0 Å². The van der Waals surface area contributed by atoms with Gasteiger partial charge in [-0.15, -0.1) is 0 Å². The fourth-order valence-electron chi connectivity index (χ4n) is 3.51. The van der Waals surface area contributed by atoms with Crippen molar-refractivity contribution in [1.82, 2.24) is 15.5 Å². The number of phenols is 1. The van der Waals surface area contributed by atoms with Gasteiger partial charge in [0.25, 0.3) is 0 Å². The Kier molecular flexibility index (Phi) is 8.90. The number of carbonyl (C=O) groups is 3. The van der Waals surface area contributed by atoms with Gasteiger partial charge >= 0.3 is 6.09 Å². The molecule has 0 aliphatic heterocycles. The fourth-order valence-corrected chi connectivity index (χ4v) is 3.51. The van der Waals surface area contributed by atoms with E-state index < -0.39 is 35.2 Å². The molecule has 0 spiro atoms. The normalized spacial score (nSPS) is 13.3. The van der Waals surface area contributed by atoms with Crippen LogP contribution in [0, 0.1) is 0 Å². The predicted octanol–water partition coefficient (Wildman–Crippen LogP) is 3.94. The molecule has 0 bridgehead atoms. The molecule has 35 heavy (non-hydrogen) atoms. The molecule has 0 fully saturated rings. The van der Waals surface area contributed by atoms with Crippen LogP contribution >= 0.6 is 0 Å². The summed E-state index contributed by atoms with van der Waals surface area (Å²) >= 11 is 0. The van der Waals surface area contributed by atoms with E-state index in [0.717, 1.165) is 5.56 Å². The maximum absolute atomic E-state index is 13.7. The second-order valence-electron chi connectivity index (χ2n) is 10.6. The number of carbonyl (C=O) groups excluding carboxylic acids is 3. The molecule has 3 N–H and O–H groups in total. The van der Waals surface area contributed by atoms with Gasteiger partial charge in [-0.05, 0) is 64.8 Å². The summed E-state index contributed by atoms with van der Waals surface area (Å²) in [5.41, 5.74) is 0.113. The van der Waals surface area contributed by atoms with Crippen molar-refractivity contribution in [3.8, 4) is 5.75 Å². The number of nitrogens with one attached hydrogen (secondary N) is 2. The van der Waals surface area contributed by atoms with E-state index in [9.17, 15) is 19.5 Å². The summed E-state index contributed by atoms with van der Waals surface area (Å²) in [7, 11) is 1.54. The number of likely N-dealkylation sites (N-methyl/N-ethyl adjacent to an activating group) is 1. The fraction of sp³-hybridized carbons (Fsp3) is 0.444. The van der Waals surface area contributed by atoms with Gasteiger partial charge in [0.05, 0.1) is 0 Å². The number of amides is 3. The Morgan fingerprint density at radius 3 is 2.03 bits per heavy atom. The summed E-state index contributed by atoms with van der Waals surface area (Å²) in [4.78, 5) is 40.9. The second-order valence-corrected chi connectivity index (χ2v) is 10.6. The average Bonchev–Trinajstić information content (AvgIpc) is 2.72. The van der Waals surface area contributed by atoms with E-state index in [4.69, 9.17) is 4.74 Å². The summed E-state index contributed by atoms with van der Waals surface area (Å²) in [6, 6.07) is 13.5. The first-order valence-electron chi connectivity index (χ1n) is 11.6. The number of nitrogens with zero attached hydrogens (tertiary/aromatic N) is 1. The van der Waals surface area contributed by atoms with E-state index in [2.05, 4.69) is 10.6 Å². The molecule has 0 saturated carbocycles. The summed E-state index contributed by atoms with van der Waals surface area (Å²) in [5, 5.41) is 15.2. The van der Waals surface area contributed by atoms with Crippen LogP contribution in [0.25, 0.3) is 0 Å². The Hall–Kier alpha value is -3.55. The van der Waals surface area contributed by atoms with Gasteiger partial charge in [0.2, 0.25) is 11.8 Å². The molecule has 2 atom stereocenters. The number of hydrogen-bond donors (Lipinski definition) is 3. The molecule has 8 nitrogen and oxygen atoms in total. The van der Waals surface area contributed by atoms with E-state index in [1.165, 1.54) is 17.0 Å². The monoisotopic (exact) mass is 483 g/mol. The molecule has 2 aromatic rings. The lowest BCUT2D eigenvalue weighted by molar-refractivity contribution is -0.141. The Morgan fingerprint density at radius 1 is 0.943 bits per heavy atom. The van der Waals surface area contributed by atoms with Crippen molar-refractivity contribution in [3.05, 3.63) is 65.7 Å². The van der Waals surface area contributed by atoms with Crippen molar-refractivity contribution >= 4 is 17.9 Å². The van der Waals surface area contributed by atoms with E-state index in [0.29, 0.717) is 5.56 Å². The van der Waals surface area contributed by atoms with Gasteiger partial charge in [0.15, 0.2) is 0 Å². The lowest BCUT2D eigenvalue weighted by Gasteiger charge is -2.33. The summed E-state index contributed by atoms with van der Waals surface area (Å²) < 4.78 is 5.37. The van der Waals surface area contributed by atoms with Crippen LogP contribution in [0.4, 0.5) is 4.79 Å². The first-order valence-corrected chi connectivity index (χ1v) is 11.6. The maximum Gasteiger partial charge on any atom is 0.408 e. The van der Waals surface area contributed by atoms with Gasteiger partial charge in [0.1, 0.15) is 23.4 Å². The molecule has 0 saturated heterocycles. The summed E-state index contributed by atoms with van der Waals surface area (Å²) in [6.07, 6.45) is -0.594. The zero-order valence-corrected chi connectivity index (χ0v) is 21.6. The molecular formula is C27H37N3O5. The topological polar surface area (TPSA) is 108 Å². The lowest BCUT2D eigenvalue weighted by Crippen LogP contribution is -2.54. The van der Waals surface area contributed by atoms with Crippen LogP contribution in [0.15, 0.2) is 54.6 Å². The van der Waals surface area contributed by atoms with Crippen LogP contribution < -0.4 is 10.6 Å². The van der Waals surface area contributed by atoms with Crippen molar-refractivity contribution in [1.29, 1.82) is 0 Å². The third-order valence-electron chi connectivity index (χ3n) is 4.96. The summed E-state index contributed by atoms with van der Waals surface area (Å²) in [5.74, 6) is -0.695. The first-order chi connectivity index (χ1) is 16.2. The predicted molar refractivity (Wildman–Crippen MR) is 135 cm³/mol. The molecule has 2 unspecified atom stereocenters. The molecule has 0 aliphatic carbocycles. The number of hydrogen-bond acceptors (Lipinski definition) is 5. The molecule has 2 rings (SSSR count). The molecule has 0 aromatic heterocycles. The lowest BCUT2D eigenvalue weighted by atomic mass is 10.00. The van der Waals surface area contributed by atoms with Crippen molar-refractivity contribution in [2.45, 2.75) is 71.2 Å². The van der Waals surface area contributed by atoms with Crippen molar-refractivity contribution in [2.75, 3.05) is 7.05 Å². The van der Waals surface area contributed by atoms with E-state index in [1.807, 2.05) is 26.8 Å². The minimum absolute atomic E-state index is 0.0943. The third kappa shape index (κ3) is 8.96. The minimum Gasteiger partial charge on any atom is -0.508 e. The molecular weight excluding hydrogens is 446 g/mol. The molecule has 8 heteroatoms. The Bertz CT molecular complexity index is 1010. The number of phenolic OH excluding ortho intramolecular Hbond substituents is 1. The highest BCUT2D eigenvalue weighted by Crippen LogP contribution is 2.23. The Balaban J connectivity index is 2.39. The van der Waals surface area contributed by atoms with Crippen LogP contribution in [0.3, 0.4) is 0 Å². The standard InChI is InChI=1S/C27H37N3O5/c1-26(2,3)29-23(32)22(19-11-9-8-10-12-19)30(7)24(33)21(28-25(34)35-27(4,5)6)17-18-13-15-20(31)16-14-18/h8-16,21-22,31H,17H2,1-7H3,(H,28,34)(H,29,32). The first kappa shape index (κ1) is 27.7. The van der Waals surface area contributed by atoms with Crippen LogP contribution in [-0.4, -0.2) is 52.1 Å². The highest BCUT2D eigenvalue weighted by molar-refractivity contribution is 5.92. The number of alkyl carbamates (subject to hydrolysis) is 1. The zero-order valence-electron chi connectivity index (χ0n) is 21.6. The number of benzene rings is 2. The van der Waals surface area contributed by atoms with Crippen molar-refractivity contribution < 1.29 is 24.2 Å². The van der Waals surface area contributed by atoms with Crippen LogP contribution in [0.1, 0.15) is 58.7 Å². The highest BCUT2D eigenvalue weighted by atomic mass is 16.6. The Labute approximate surface area is 207 Å². The smallest absolute Gasteiger partial charge is 0.408 e. The summed E-state index contributed by atoms with van der Waals surface area (Å²) in [6.45, 7) is 10.8. The van der Waals surface area contributed by atoms with Crippen molar-refractivity contribution in [2.24, 2.45) is 0 Å². The van der Waals surface area contributed by atoms with Gasteiger partial charge in [0, 0.05) is 19.0 Å². The van der Waals surface area contributed by atoms with Gasteiger partial charge in [-0.25, -0.2) is 4.79 Å².